The summed E-state index contributed by atoms with van der Waals surface area (Å²) in [5.74, 6) is 5.55. The summed E-state index contributed by atoms with van der Waals surface area (Å²) in [6, 6.07) is 1.72. The molecule has 96 valence electrons. The van der Waals surface area contributed by atoms with Gasteiger partial charge in [-0.2, -0.15) is 0 Å². The van der Waals surface area contributed by atoms with Crippen LogP contribution in [0, 0.1) is 0 Å². The van der Waals surface area contributed by atoms with E-state index in [-0.39, 0.29) is 5.69 Å². The topological polar surface area (TPSA) is 115 Å². The quantitative estimate of drug-likeness (QED) is 0.403. The third kappa shape index (κ3) is 2.68. The molecule has 0 radical (unpaired) electrons. The van der Waals surface area contributed by atoms with Crippen LogP contribution in [0.15, 0.2) is 27.2 Å². The maximum absolute atomic E-state index is 11.5. The lowest BCUT2D eigenvalue weighted by Gasteiger charge is -2.03. The summed E-state index contributed by atoms with van der Waals surface area (Å²) in [5.41, 5.74) is 2.15. The molecule has 0 aliphatic carbocycles. The van der Waals surface area contributed by atoms with E-state index < -0.39 is 0 Å². The summed E-state index contributed by atoms with van der Waals surface area (Å²) >= 11 is 1.28. The van der Waals surface area contributed by atoms with Crippen molar-refractivity contribution >= 4 is 17.7 Å². The molecule has 0 aliphatic heterocycles. The van der Waals surface area contributed by atoms with Gasteiger partial charge in [0.25, 0.3) is 0 Å². The van der Waals surface area contributed by atoms with Gasteiger partial charge in [0.2, 0.25) is 5.95 Å². The van der Waals surface area contributed by atoms with E-state index >= 15 is 0 Å². The van der Waals surface area contributed by atoms with Crippen LogP contribution >= 0.6 is 11.8 Å². The predicted octanol–water partition coefficient (Wildman–Crippen LogP) is 0.208. The monoisotopic (exact) mass is 267 g/mol. The molecule has 18 heavy (non-hydrogen) atoms. The Balaban J connectivity index is 2.25. The number of aromatic nitrogens is 5. The van der Waals surface area contributed by atoms with E-state index in [1.165, 1.54) is 11.8 Å². The molecule has 0 aliphatic rings. The van der Waals surface area contributed by atoms with E-state index in [1.807, 2.05) is 6.92 Å². The summed E-state index contributed by atoms with van der Waals surface area (Å²) in [6.07, 6.45) is 2.44. The van der Waals surface area contributed by atoms with Crippen LogP contribution < -0.4 is 17.0 Å². The lowest BCUT2D eigenvalue weighted by molar-refractivity contribution is 0.603. The number of hydrazine groups is 1. The van der Waals surface area contributed by atoms with Gasteiger partial charge in [-0.3, -0.25) is 9.99 Å². The maximum Gasteiger partial charge on any atom is 0.343 e. The highest BCUT2D eigenvalue weighted by atomic mass is 32.2. The SMILES string of the molecule is CCCn1c(Sc2ccnc(NN)n2)n[nH]c1=O. The molecule has 0 atom stereocenters. The summed E-state index contributed by atoms with van der Waals surface area (Å²) in [6.45, 7) is 2.61. The van der Waals surface area contributed by atoms with Gasteiger partial charge in [-0.05, 0) is 24.2 Å². The molecule has 0 saturated heterocycles. The van der Waals surface area contributed by atoms with E-state index in [2.05, 4.69) is 25.6 Å². The number of nitrogen functional groups attached to an aromatic ring is 1. The number of nitrogens with zero attached hydrogens (tertiary/aromatic N) is 4. The van der Waals surface area contributed by atoms with Crippen molar-refractivity contribution in [3.8, 4) is 0 Å². The Morgan fingerprint density at radius 1 is 1.61 bits per heavy atom. The first kappa shape index (κ1) is 12.6. The van der Waals surface area contributed by atoms with Crippen molar-refractivity contribution < 1.29 is 0 Å². The molecular formula is C9H13N7OS. The number of aromatic amines is 1. The summed E-state index contributed by atoms with van der Waals surface area (Å²) < 4.78 is 1.57. The van der Waals surface area contributed by atoms with Crippen molar-refractivity contribution in [1.29, 1.82) is 0 Å². The minimum absolute atomic E-state index is 0.217. The normalized spacial score (nSPS) is 10.6. The van der Waals surface area contributed by atoms with Gasteiger partial charge >= 0.3 is 5.69 Å². The van der Waals surface area contributed by atoms with Crippen LogP contribution in [0.3, 0.4) is 0 Å². The molecule has 2 aromatic rings. The van der Waals surface area contributed by atoms with Crippen LogP contribution in [0.4, 0.5) is 5.95 Å². The molecule has 2 rings (SSSR count). The molecule has 2 heterocycles. The summed E-state index contributed by atoms with van der Waals surface area (Å²) in [4.78, 5) is 19.6. The third-order valence-electron chi connectivity index (χ3n) is 2.13. The first-order chi connectivity index (χ1) is 8.74. The number of anilines is 1. The zero-order valence-corrected chi connectivity index (χ0v) is 10.6. The minimum atomic E-state index is -0.217. The summed E-state index contributed by atoms with van der Waals surface area (Å²) in [5, 5.41) is 7.62. The lowest BCUT2D eigenvalue weighted by atomic mass is 10.5. The highest BCUT2D eigenvalue weighted by Crippen LogP contribution is 2.23. The summed E-state index contributed by atoms with van der Waals surface area (Å²) in [7, 11) is 0. The highest BCUT2D eigenvalue weighted by molar-refractivity contribution is 7.99. The van der Waals surface area contributed by atoms with Crippen molar-refractivity contribution in [3.63, 3.8) is 0 Å². The molecular weight excluding hydrogens is 254 g/mol. The Morgan fingerprint density at radius 3 is 3.17 bits per heavy atom. The van der Waals surface area contributed by atoms with Gasteiger partial charge < -0.3 is 0 Å². The van der Waals surface area contributed by atoms with Crippen LogP contribution in [0.5, 0.6) is 0 Å². The largest absolute Gasteiger partial charge is 0.343 e. The zero-order chi connectivity index (χ0) is 13.0. The fraction of sp³-hybridized carbons (Fsp3) is 0.333. The molecule has 0 unspecified atom stereocenters. The van der Waals surface area contributed by atoms with Crippen molar-refractivity contribution in [1.82, 2.24) is 24.7 Å². The van der Waals surface area contributed by atoms with Gasteiger partial charge in [-0.15, -0.1) is 5.10 Å². The first-order valence-corrected chi connectivity index (χ1v) is 6.19. The van der Waals surface area contributed by atoms with E-state index in [0.29, 0.717) is 22.7 Å². The molecule has 0 fully saturated rings. The maximum atomic E-state index is 11.5. The molecule has 0 aromatic carbocycles. The lowest BCUT2D eigenvalue weighted by Crippen LogP contribution is -2.17. The number of hydrogen-bond acceptors (Lipinski definition) is 7. The van der Waals surface area contributed by atoms with Gasteiger partial charge in [0, 0.05) is 12.7 Å². The highest BCUT2D eigenvalue weighted by Gasteiger charge is 2.10. The van der Waals surface area contributed by atoms with Gasteiger partial charge in [-0.25, -0.2) is 25.7 Å². The number of nitrogens with two attached hydrogens (primary N) is 1. The molecule has 4 N–H and O–H groups in total. The molecule has 8 nitrogen and oxygen atoms in total. The van der Waals surface area contributed by atoms with Crippen LogP contribution in [-0.2, 0) is 6.54 Å². The van der Waals surface area contributed by atoms with Crippen molar-refractivity contribution in [3.05, 3.63) is 22.7 Å². The minimum Gasteiger partial charge on any atom is -0.292 e. The second kappa shape index (κ2) is 5.65. The van der Waals surface area contributed by atoms with Crippen LogP contribution in [-0.4, -0.2) is 24.7 Å². The standard InChI is InChI=1S/C9H13N7OS/c1-2-5-16-8(17)14-15-9(16)18-6-3-4-11-7(12-6)13-10/h3-4H,2,5,10H2,1H3,(H,14,17)(H,11,12,13). The van der Waals surface area contributed by atoms with Crippen LogP contribution in [0.2, 0.25) is 0 Å². The predicted molar refractivity (Wildman–Crippen MR) is 67.1 cm³/mol. The van der Waals surface area contributed by atoms with Crippen molar-refractivity contribution in [2.24, 2.45) is 5.84 Å². The van der Waals surface area contributed by atoms with E-state index in [9.17, 15) is 4.79 Å². The fourth-order valence-corrected chi connectivity index (χ4v) is 2.19. The number of rotatable bonds is 5. The van der Waals surface area contributed by atoms with Gasteiger partial charge in [0.05, 0.1) is 0 Å². The third-order valence-corrected chi connectivity index (χ3v) is 3.06. The molecule has 0 amide bonds. The van der Waals surface area contributed by atoms with Gasteiger partial charge in [0.15, 0.2) is 5.16 Å². The fourth-order valence-electron chi connectivity index (χ4n) is 1.36. The van der Waals surface area contributed by atoms with Gasteiger partial charge in [0.1, 0.15) is 5.03 Å². The Hall–Kier alpha value is -1.87. The molecule has 0 spiro atoms. The first-order valence-electron chi connectivity index (χ1n) is 5.37. The Kier molecular flexibility index (Phi) is 3.95. The number of nitrogens with one attached hydrogen (secondary N) is 2. The Bertz CT molecular complexity index is 578. The van der Waals surface area contributed by atoms with E-state index in [1.54, 1.807) is 16.8 Å². The second-order valence-corrected chi connectivity index (χ2v) is 4.42. The number of hydrogen-bond donors (Lipinski definition) is 3. The van der Waals surface area contributed by atoms with Crippen molar-refractivity contribution in [2.75, 3.05) is 5.43 Å². The Labute approximate surface area is 107 Å². The van der Waals surface area contributed by atoms with Crippen LogP contribution in [0.1, 0.15) is 13.3 Å². The average Bonchev–Trinajstić information content (AvgIpc) is 2.72. The number of H-pyrrole nitrogens is 1. The molecule has 9 heteroatoms. The van der Waals surface area contributed by atoms with Crippen molar-refractivity contribution in [2.45, 2.75) is 30.1 Å². The van der Waals surface area contributed by atoms with Gasteiger partial charge in [-0.1, -0.05) is 6.92 Å². The molecule has 0 bridgehead atoms. The smallest absolute Gasteiger partial charge is 0.292 e. The Morgan fingerprint density at radius 2 is 2.44 bits per heavy atom. The van der Waals surface area contributed by atoms with E-state index in [0.717, 1.165) is 6.42 Å². The van der Waals surface area contributed by atoms with Crippen LogP contribution in [0.25, 0.3) is 0 Å². The molecule has 2 aromatic heterocycles. The zero-order valence-electron chi connectivity index (χ0n) is 9.75. The average molecular weight is 267 g/mol. The second-order valence-electron chi connectivity index (χ2n) is 3.43. The van der Waals surface area contributed by atoms with E-state index in [4.69, 9.17) is 5.84 Å². The molecule has 0 saturated carbocycles.